The standard InChI is InChI=1S/C14H17N3O3/c15-14-6-7-17(11(14)8-12(18)16-14)13(19)20-9-10-4-2-1-3-5-10/h1-5,11H,6-9,15H2,(H,16,18)/t11-,14-/m0/s1. The van der Waals surface area contributed by atoms with Crippen molar-refractivity contribution in [2.75, 3.05) is 6.54 Å². The van der Waals surface area contributed by atoms with Gasteiger partial charge in [-0.05, 0) is 5.56 Å². The molecule has 2 saturated heterocycles. The van der Waals surface area contributed by atoms with Gasteiger partial charge in [0.05, 0.1) is 12.5 Å². The molecule has 1 aromatic carbocycles. The van der Waals surface area contributed by atoms with Crippen LogP contribution in [0.1, 0.15) is 18.4 Å². The zero-order valence-electron chi connectivity index (χ0n) is 11.0. The van der Waals surface area contributed by atoms with E-state index in [1.165, 1.54) is 0 Å². The van der Waals surface area contributed by atoms with E-state index in [1.54, 1.807) is 4.90 Å². The van der Waals surface area contributed by atoms with Gasteiger partial charge in [0.2, 0.25) is 5.91 Å². The Morgan fingerprint density at radius 1 is 1.45 bits per heavy atom. The molecule has 0 unspecified atom stereocenters. The number of rotatable bonds is 2. The number of carbonyl (C=O) groups excluding carboxylic acids is 2. The predicted octanol–water partition coefficient (Wildman–Crippen LogP) is 0.572. The molecule has 106 valence electrons. The Balaban J connectivity index is 1.62. The lowest BCUT2D eigenvalue weighted by Crippen LogP contribution is -2.56. The van der Waals surface area contributed by atoms with Gasteiger partial charge in [0.1, 0.15) is 12.3 Å². The number of fused-ring (bicyclic) bond motifs is 1. The van der Waals surface area contributed by atoms with Crippen LogP contribution >= 0.6 is 0 Å². The third-order valence-electron chi connectivity index (χ3n) is 3.93. The maximum absolute atomic E-state index is 12.1. The van der Waals surface area contributed by atoms with Crippen LogP contribution in [-0.4, -0.2) is 35.1 Å². The SMILES string of the molecule is N[C@]12CCN(C(=O)OCc3ccccc3)[C@H]1CC(=O)N2. The van der Waals surface area contributed by atoms with Gasteiger partial charge in [0, 0.05) is 13.0 Å². The van der Waals surface area contributed by atoms with Gasteiger partial charge in [-0.15, -0.1) is 0 Å². The first-order chi connectivity index (χ1) is 9.58. The lowest BCUT2D eigenvalue weighted by Gasteiger charge is -2.27. The van der Waals surface area contributed by atoms with Gasteiger partial charge in [0.25, 0.3) is 0 Å². The van der Waals surface area contributed by atoms with Crippen LogP contribution in [-0.2, 0) is 16.1 Å². The molecule has 6 nitrogen and oxygen atoms in total. The molecule has 0 aromatic heterocycles. The summed E-state index contributed by atoms with van der Waals surface area (Å²) >= 11 is 0. The fraction of sp³-hybridized carbons (Fsp3) is 0.429. The summed E-state index contributed by atoms with van der Waals surface area (Å²) in [6.45, 7) is 0.733. The molecule has 0 radical (unpaired) electrons. The first-order valence-corrected chi connectivity index (χ1v) is 6.66. The van der Waals surface area contributed by atoms with Gasteiger partial charge in [-0.3, -0.25) is 4.79 Å². The Morgan fingerprint density at radius 2 is 2.20 bits per heavy atom. The fourth-order valence-corrected chi connectivity index (χ4v) is 2.85. The summed E-state index contributed by atoms with van der Waals surface area (Å²) in [7, 11) is 0. The summed E-state index contributed by atoms with van der Waals surface area (Å²) in [4.78, 5) is 25.1. The van der Waals surface area contributed by atoms with Gasteiger partial charge in [0.15, 0.2) is 0 Å². The zero-order valence-corrected chi connectivity index (χ0v) is 11.0. The van der Waals surface area contributed by atoms with Crippen molar-refractivity contribution in [3.63, 3.8) is 0 Å². The van der Waals surface area contributed by atoms with Crippen molar-refractivity contribution in [3.05, 3.63) is 35.9 Å². The smallest absolute Gasteiger partial charge is 0.410 e. The molecular formula is C14H17N3O3. The van der Waals surface area contributed by atoms with E-state index in [9.17, 15) is 9.59 Å². The zero-order chi connectivity index (χ0) is 14.2. The molecule has 6 heteroatoms. The number of nitrogens with two attached hydrogens (primary N) is 1. The molecule has 2 heterocycles. The molecule has 2 amide bonds. The van der Waals surface area contributed by atoms with Crippen LogP contribution in [0.4, 0.5) is 4.79 Å². The van der Waals surface area contributed by atoms with Crippen LogP contribution in [0.15, 0.2) is 30.3 Å². The van der Waals surface area contributed by atoms with E-state index >= 15 is 0 Å². The van der Waals surface area contributed by atoms with Gasteiger partial charge in [-0.1, -0.05) is 30.3 Å². The predicted molar refractivity (Wildman–Crippen MR) is 71.4 cm³/mol. The second-order valence-corrected chi connectivity index (χ2v) is 5.29. The minimum absolute atomic E-state index is 0.113. The number of nitrogens with one attached hydrogen (secondary N) is 1. The van der Waals surface area contributed by atoms with Crippen molar-refractivity contribution in [2.24, 2.45) is 5.73 Å². The van der Waals surface area contributed by atoms with Crippen molar-refractivity contribution >= 4 is 12.0 Å². The van der Waals surface area contributed by atoms with E-state index in [0.29, 0.717) is 13.0 Å². The number of amides is 2. The molecule has 0 aliphatic carbocycles. The van der Waals surface area contributed by atoms with Crippen LogP contribution in [0.2, 0.25) is 0 Å². The van der Waals surface area contributed by atoms with Gasteiger partial charge >= 0.3 is 6.09 Å². The molecule has 3 N–H and O–H groups in total. The van der Waals surface area contributed by atoms with E-state index in [2.05, 4.69) is 5.32 Å². The minimum atomic E-state index is -0.789. The summed E-state index contributed by atoms with van der Waals surface area (Å²) in [5.74, 6) is -0.113. The van der Waals surface area contributed by atoms with E-state index in [0.717, 1.165) is 5.56 Å². The second-order valence-electron chi connectivity index (χ2n) is 5.29. The molecule has 0 spiro atoms. The van der Waals surface area contributed by atoms with Crippen molar-refractivity contribution in [1.82, 2.24) is 10.2 Å². The summed E-state index contributed by atoms with van der Waals surface area (Å²) in [5.41, 5.74) is 6.25. The summed E-state index contributed by atoms with van der Waals surface area (Å²) in [6, 6.07) is 9.17. The monoisotopic (exact) mass is 275 g/mol. The highest BCUT2D eigenvalue weighted by Gasteiger charge is 2.53. The van der Waals surface area contributed by atoms with E-state index in [1.807, 2.05) is 30.3 Å². The van der Waals surface area contributed by atoms with E-state index in [-0.39, 0.29) is 25.0 Å². The summed E-state index contributed by atoms with van der Waals surface area (Å²) in [5, 5.41) is 2.74. The van der Waals surface area contributed by atoms with E-state index < -0.39 is 11.8 Å². The third kappa shape index (κ3) is 2.22. The van der Waals surface area contributed by atoms with Crippen molar-refractivity contribution in [1.29, 1.82) is 0 Å². The quantitative estimate of drug-likeness (QED) is 0.826. The summed E-state index contributed by atoms with van der Waals surface area (Å²) in [6.07, 6.45) is 0.392. The van der Waals surface area contributed by atoms with Crippen LogP contribution in [0, 0.1) is 0 Å². The molecule has 2 atom stereocenters. The van der Waals surface area contributed by atoms with Crippen LogP contribution in [0.5, 0.6) is 0 Å². The number of likely N-dealkylation sites (tertiary alicyclic amines) is 1. The van der Waals surface area contributed by atoms with Gasteiger partial charge in [-0.2, -0.15) is 0 Å². The fourth-order valence-electron chi connectivity index (χ4n) is 2.85. The molecule has 2 aliphatic rings. The lowest BCUT2D eigenvalue weighted by atomic mass is 10.0. The van der Waals surface area contributed by atoms with Crippen LogP contribution in [0.3, 0.4) is 0 Å². The highest BCUT2D eigenvalue weighted by Crippen LogP contribution is 2.31. The lowest BCUT2D eigenvalue weighted by molar-refractivity contribution is -0.120. The molecular weight excluding hydrogens is 258 g/mol. The minimum Gasteiger partial charge on any atom is -0.445 e. The van der Waals surface area contributed by atoms with Crippen molar-refractivity contribution in [3.8, 4) is 0 Å². The largest absolute Gasteiger partial charge is 0.445 e. The number of carbonyl (C=O) groups is 2. The van der Waals surface area contributed by atoms with Crippen LogP contribution < -0.4 is 11.1 Å². The molecule has 3 rings (SSSR count). The second kappa shape index (κ2) is 4.79. The van der Waals surface area contributed by atoms with E-state index in [4.69, 9.17) is 10.5 Å². The first-order valence-electron chi connectivity index (χ1n) is 6.66. The molecule has 0 saturated carbocycles. The van der Waals surface area contributed by atoms with Gasteiger partial charge in [-0.25, -0.2) is 4.79 Å². The highest BCUT2D eigenvalue weighted by atomic mass is 16.6. The average Bonchev–Trinajstić information content (AvgIpc) is 2.89. The van der Waals surface area contributed by atoms with Gasteiger partial charge < -0.3 is 20.7 Å². The number of benzene rings is 1. The molecule has 2 aliphatic heterocycles. The van der Waals surface area contributed by atoms with Crippen molar-refractivity contribution < 1.29 is 14.3 Å². The Kier molecular flexibility index (Phi) is 3.10. The first kappa shape index (κ1) is 12.9. The third-order valence-corrected chi connectivity index (χ3v) is 3.93. The Labute approximate surface area is 116 Å². The average molecular weight is 275 g/mol. The number of ether oxygens (including phenoxy) is 1. The Morgan fingerprint density at radius 3 is 2.95 bits per heavy atom. The normalized spacial score (nSPS) is 28.1. The molecule has 20 heavy (non-hydrogen) atoms. The number of nitrogens with zero attached hydrogens (tertiary/aromatic N) is 1. The number of hydrogen-bond donors (Lipinski definition) is 2. The Hall–Kier alpha value is -2.08. The number of hydrogen-bond acceptors (Lipinski definition) is 4. The van der Waals surface area contributed by atoms with Crippen molar-refractivity contribution in [2.45, 2.75) is 31.2 Å². The molecule has 1 aromatic rings. The summed E-state index contributed by atoms with van der Waals surface area (Å²) < 4.78 is 5.29. The highest BCUT2D eigenvalue weighted by molar-refractivity contribution is 5.82. The maximum Gasteiger partial charge on any atom is 0.410 e. The molecule has 0 bridgehead atoms. The van der Waals surface area contributed by atoms with Crippen LogP contribution in [0.25, 0.3) is 0 Å². The Bertz CT molecular complexity index is 534. The topological polar surface area (TPSA) is 84.7 Å². The molecule has 2 fully saturated rings. The maximum atomic E-state index is 12.1.